The van der Waals surface area contributed by atoms with Crippen molar-refractivity contribution < 1.29 is 4.79 Å². The number of nitrogens with zero attached hydrogens (tertiary/aromatic N) is 3. The van der Waals surface area contributed by atoms with E-state index in [2.05, 4.69) is 37.1 Å². The first-order valence-electron chi connectivity index (χ1n) is 7.98. The summed E-state index contributed by atoms with van der Waals surface area (Å²) in [6, 6.07) is 9.43. The van der Waals surface area contributed by atoms with Crippen molar-refractivity contribution in [3.05, 3.63) is 58.1 Å². The Balaban J connectivity index is 1.93. The third kappa shape index (κ3) is 3.92. The van der Waals surface area contributed by atoms with Gasteiger partial charge in [0.2, 0.25) is 11.9 Å². The molecule has 0 aliphatic rings. The molecule has 0 aliphatic heterocycles. The molecular formula is C19H17N5O2. The lowest BCUT2D eigenvalue weighted by atomic mass is 9.96. The molecule has 2 heterocycles. The Bertz CT molecular complexity index is 1090. The van der Waals surface area contributed by atoms with E-state index in [1.165, 1.54) is 6.20 Å². The topological polar surface area (TPSA) is 101 Å². The molecule has 0 fully saturated rings. The van der Waals surface area contributed by atoms with Crippen molar-refractivity contribution in [2.24, 2.45) is 5.41 Å². The minimum atomic E-state index is -0.615. The fourth-order valence-electron chi connectivity index (χ4n) is 1.99. The summed E-state index contributed by atoms with van der Waals surface area (Å²) in [4.78, 5) is 39.3. The Hall–Kier alpha value is -3.53. The molecule has 0 radical (unpaired) electrons. The summed E-state index contributed by atoms with van der Waals surface area (Å²) in [5, 5.41) is 2.57. The first kappa shape index (κ1) is 17.3. The van der Waals surface area contributed by atoms with E-state index in [0.29, 0.717) is 5.69 Å². The number of rotatable bonds is 1. The molecule has 0 saturated carbocycles. The molecule has 26 heavy (non-hydrogen) atoms. The van der Waals surface area contributed by atoms with E-state index in [4.69, 9.17) is 0 Å². The number of fused-ring (bicyclic) bond motifs is 1. The molecule has 1 aromatic carbocycles. The third-order valence-electron chi connectivity index (χ3n) is 3.44. The minimum Gasteiger partial charge on any atom is -0.296 e. The summed E-state index contributed by atoms with van der Waals surface area (Å²) >= 11 is 0. The monoisotopic (exact) mass is 347 g/mol. The number of anilines is 1. The number of benzene rings is 1. The van der Waals surface area contributed by atoms with Crippen molar-refractivity contribution in [3.8, 4) is 11.8 Å². The predicted octanol–water partition coefficient (Wildman–Crippen LogP) is 2.10. The average Bonchev–Trinajstić information content (AvgIpc) is 2.60. The summed E-state index contributed by atoms with van der Waals surface area (Å²) < 4.78 is 0. The first-order valence-corrected chi connectivity index (χ1v) is 7.98. The van der Waals surface area contributed by atoms with Gasteiger partial charge < -0.3 is 0 Å². The Kier molecular flexibility index (Phi) is 4.50. The van der Waals surface area contributed by atoms with Gasteiger partial charge in [0.25, 0.3) is 5.56 Å². The van der Waals surface area contributed by atoms with Crippen molar-refractivity contribution in [1.29, 1.82) is 0 Å². The predicted molar refractivity (Wildman–Crippen MR) is 98.5 cm³/mol. The number of aromatic nitrogens is 4. The van der Waals surface area contributed by atoms with Gasteiger partial charge in [-0.25, -0.2) is 9.97 Å². The third-order valence-corrected chi connectivity index (χ3v) is 3.44. The molecule has 0 aliphatic carbocycles. The van der Waals surface area contributed by atoms with E-state index in [0.717, 1.165) is 5.56 Å². The normalized spacial score (nSPS) is 10.9. The number of hydrogen-bond acceptors (Lipinski definition) is 5. The van der Waals surface area contributed by atoms with Crippen molar-refractivity contribution in [2.75, 3.05) is 5.32 Å². The van der Waals surface area contributed by atoms with E-state index in [1.807, 2.05) is 30.3 Å². The number of H-pyrrole nitrogens is 1. The summed E-state index contributed by atoms with van der Waals surface area (Å²) in [7, 11) is 0. The van der Waals surface area contributed by atoms with Gasteiger partial charge in [-0.1, -0.05) is 44.9 Å². The molecule has 3 rings (SSSR count). The summed E-state index contributed by atoms with van der Waals surface area (Å²) in [6.07, 6.45) is 1.44. The number of aromatic amines is 1. The van der Waals surface area contributed by atoms with Crippen LogP contribution in [0.1, 0.15) is 32.0 Å². The van der Waals surface area contributed by atoms with Crippen LogP contribution in [-0.4, -0.2) is 25.8 Å². The largest absolute Gasteiger partial charge is 0.296 e. The highest BCUT2D eigenvalue weighted by molar-refractivity contribution is 5.93. The molecule has 2 N–H and O–H groups in total. The van der Waals surface area contributed by atoms with Crippen LogP contribution in [0.3, 0.4) is 0 Å². The summed E-state index contributed by atoms with van der Waals surface area (Å²) in [5.41, 5.74) is 0.300. The lowest BCUT2D eigenvalue weighted by Gasteiger charge is -2.16. The van der Waals surface area contributed by atoms with Crippen molar-refractivity contribution in [1.82, 2.24) is 19.9 Å². The van der Waals surface area contributed by atoms with Gasteiger partial charge in [-0.05, 0) is 18.1 Å². The van der Waals surface area contributed by atoms with E-state index >= 15 is 0 Å². The van der Waals surface area contributed by atoms with Crippen molar-refractivity contribution >= 4 is 23.0 Å². The molecule has 1 amide bonds. The second-order valence-electron chi connectivity index (χ2n) is 6.66. The lowest BCUT2D eigenvalue weighted by Crippen LogP contribution is -2.29. The van der Waals surface area contributed by atoms with Gasteiger partial charge in [0.05, 0.1) is 6.20 Å². The van der Waals surface area contributed by atoms with Gasteiger partial charge in [0, 0.05) is 11.0 Å². The lowest BCUT2D eigenvalue weighted by molar-refractivity contribution is -0.123. The van der Waals surface area contributed by atoms with Gasteiger partial charge in [0.15, 0.2) is 11.2 Å². The standard InChI is InChI=1S/C19H17N5O2/c1-19(2,3)17(26)24-18-22-15-14(16(25)23-18)21-13(11-20-15)10-9-12-7-5-4-6-8-12/h4-8,11H,1-3H3,(H2,20,22,23,24,25,26). The molecular weight excluding hydrogens is 330 g/mol. The number of hydrogen-bond donors (Lipinski definition) is 2. The highest BCUT2D eigenvalue weighted by atomic mass is 16.2. The Morgan fingerprint density at radius 3 is 2.54 bits per heavy atom. The SMILES string of the molecule is CC(C)(C)C(=O)Nc1nc2ncc(C#Cc3ccccc3)nc2c(=O)[nH]1. The zero-order chi connectivity index (χ0) is 18.7. The zero-order valence-corrected chi connectivity index (χ0v) is 14.6. The van der Waals surface area contributed by atoms with E-state index < -0.39 is 11.0 Å². The molecule has 0 spiro atoms. The zero-order valence-electron chi connectivity index (χ0n) is 14.6. The van der Waals surface area contributed by atoms with Gasteiger partial charge >= 0.3 is 0 Å². The van der Waals surface area contributed by atoms with Gasteiger partial charge in [-0.3, -0.25) is 19.9 Å². The molecule has 0 bridgehead atoms. The second-order valence-corrected chi connectivity index (χ2v) is 6.66. The number of amides is 1. The molecule has 0 unspecified atom stereocenters. The maximum Gasteiger partial charge on any atom is 0.280 e. The maximum absolute atomic E-state index is 12.3. The van der Waals surface area contributed by atoms with Gasteiger partial charge in [-0.2, -0.15) is 4.98 Å². The van der Waals surface area contributed by atoms with E-state index in [9.17, 15) is 9.59 Å². The molecule has 130 valence electrons. The van der Waals surface area contributed by atoms with Crippen LogP contribution in [0, 0.1) is 17.3 Å². The number of nitrogens with one attached hydrogen (secondary N) is 2. The van der Waals surface area contributed by atoms with Crippen LogP contribution in [0.15, 0.2) is 41.3 Å². The Morgan fingerprint density at radius 2 is 1.85 bits per heavy atom. The Labute approximate surface area is 149 Å². The van der Waals surface area contributed by atoms with Crippen molar-refractivity contribution in [3.63, 3.8) is 0 Å². The minimum absolute atomic E-state index is 0.0415. The fourth-order valence-corrected chi connectivity index (χ4v) is 1.99. The van der Waals surface area contributed by atoms with Crippen LogP contribution < -0.4 is 10.9 Å². The van der Waals surface area contributed by atoms with Crippen LogP contribution in [0.25, 0.3) is 11.2 Å². The quantitative estimate of drug-likeness (QED) is 0.657. The highest BCUT2D eigenvalue weighted by Crippen LogP contribution is 2.15. The second kappa shape index (κ2) is 6.76. The molecule has 7 nitrogen and oxygen atoms in total. The van der Waals surface area contributed by atoms with Crippen LogP contribution >= 0.6 is 0 Å². The molecule has 0 atom stereocenters. The summed E-state index contributed by atoms with van der Waals surface area (Å²) in [5.74, 6) is 5.61. The number of carbonyl (C=O) groups is 1. The maximum atomic E-state index is 12.3. The summed E-state index contributed by atoms with van der Waals surface area (Å²) in [6.45, 7) is 5.29. The first-order chi connectivity index (χ1) is 12.3. The smallest absolute Gasteiger partial charge is 0.280 e. The van der Waals surface area contributed by atoms with Crippen LogP contribution in [0.4, 0.5) is 5.95 Å². The molecule has 2 aromatic heterocycles. The van der Waals surface area contributed by atoms with E-state index in [-0.39, 0.29) is 23.0 Å². The molecule has 7 heteroatoms. The van der Waals surface area contributed by atoms with Crippen LogP contribution in [0.5, 0.6) is 0 Å². The van der Waals surface area contributed by atoms with Gasteiger partial charge in [-0.15, -0.1) is 0 Å². The van der Waals surface area contributed by atoms with Crippen LogP contribution in [-0.2, 0) is 4.79 Å². The number of carbonyl (C=O) groups excluding carboxylic acids is 1. The Morgan fingerprint density at radius 1 is 1.12 bits per heavy atom. The van der Waals surface area contributed by atoms with Crippen molar-refractivity contribution in [2.45, 2.75) is 20.8 Å². The molecule has 3 aromatic rings. The van der Waals surface area contributed by atoms with Gasteiger partial charge in [0.1, 0.15) is 5.69 Å². The highest BCUT2D eigenvalue weighted by Gasteiger charge is 2.22. The average molecular weight is 347 g/mol. The molecule has 0 saturated heterocycles. The van der Waals surface area contributed by atoms with Crippen LogP contribution in [0.2, 0.25) is 0 Å². The van der Waals surface area contributed by atoms with E-state index in [1.54, 1.807) is 20.8 Å². The fraction of sp³-hybridized carbons (Fsp3) is 0.211.